The molecule has 0 radical (unpaired) electrons. The number of amides is 1. The molecule has 1 amide bonds. The summed E-state index contributed by atoms with van der Waals surface area (Å²) in [4.78, 5) is 14.5. The normalized spacial score (nSPS) is 12.2. The standard InChI is InChI=1S/C15H16BrClN2OS/c1-10-3-4-11(17)7-13(10)18-15(20)9-19(2)8-12-5-6-14(16)21-12/h3-7H,8-9H2,1-2H3,(H,18,20)/p+1. The first-order chi connectivity index (χ1) is 9.94. The molecule has 1 heterocycles. The molecule has 0 aliphatic rings. The summed E-state index contributed by atoms with van der Waals surface area (Å²) in [5, 5.41) is 3.55. The van der Waals surface area contributed by atoms with Gasteiger partial charge in [-0.25, -0.2) is 0 Å². The van der Waals surface area contributed by atoms with E-state index in [9.17, 15) is 4.79 Å². The molecule has 0 aliphatic heterocycles. The van der Waals surface area contributed by atoms with Crippen molar-refractivity contribution in [3.63, 3.8) is 0 Å². The van der Waals surface area contributed by atoms with Crippen molar-refractivity contribution in [2.24, 2.45) is 0 Å². The van der Waals surface area contributed by atoms with Crippen LogP contribution in [0.15, 0.2) is 34.1 Å². The van der Waals surface area contributed by atoms with Gasteiger partial charge >= 0.3 is 0 Å². The van der Waals surface area contributed by atoms with Gasteiger partial charge in [-0.15, -0.1) is 11.3 Å². The van der Waals surface area contributed by atoms with Crippen LogP contribution in [0, 0.1) is 6.92 Å². The van der Waals surface area contributed by atoms with E-state index in [4.69, 9.17) is 11.6 Å². The van der Waals surface area contributed by atoms with Gasteiger partial charge in [0.15, 0.2) is 6.54 Å². The fraction of sp³-hybridized carbons (Fsp3) is 0.267. The smallest absolute Gasteiger partial charge is 0.279 e. The van der Waals surface area contributed by atoms with Gasteiger partial charge in [-0.3, -0.25) is 4.79 Å². The second kappa shape index (κ2) is 7.40. The van der Waals surface area contributed by atoms with Crippen LogP contribution >= 0.6 is 38.9 Å². The molecule has 2 aromatic rings. The van der Waals surface area contributed by atoms with Crippen LogP contribution < -0.4 is 10.2 Å². The lowest BCUT2D eigenvalue weighted by Gasteiger charge is -2.14. The lowest BCUT2D eigenvalue weighted by Crippen LogP contribution is -3.08. The van der Waals surface area contributed by atoms with Crippen LogP contribution in [0.4, 0.5) is 5.69 Å². The van der Waals surface area contributed by atoms with Crippen molar-refractivity contribution in [3.05, 3.63) is 49.6 Å². The molecule has 2 N–H and O–H groups in total. The molecule has 0 fully saturated rings. The Balaban J connectivity index is 1.90. The van der Waals surface area contributed by atoms with Crippen LogP contribution in [0.3, 0.4) is 0 Å². The summed E-state index contributed by atoms with van der Waals surface area (Å²) in [6.07, 6.45) is 0. The molecule has 6 heteroatoms. The first kappa shape index (κ1) is 16.5. The summed E-state index contributed by atoms with van der Waals surface area (Å²) >= 11 is 11.1. The minimum absolute atomic E-state index is 0.00603. The first-order valence-corrected chi connectivity index (χ1v) is 8.54. The Kier molecular flexibility index (Phi) is 5.81. The zero-order valence-electron chi connectivity index (χ0n) is 11.9. The van der Waals surface area contributed by atoms with Crippen molar-refractivity contribution in [2.45, 2.75) is 13.5 Å². The number of hydrogen-bond acceptors (Lipinski definition) is 2. The molecule has 1 unspecified atom stereocenters. The second-order valence-corrected chi connectivity index (χ2v) is 8.01. The van der Waals surface area contributed by atoms with E-state index in [1.54, 1.807) is 17.4 Å². The minimum atomic E-state index is -0.00603. The zero-order valence-corrected chi connectivity index (χ0v) is 15.0. The van der Waals surface area contributed by atoms with Gasteiger partial charge in [-0.1, -0.05) is 17.7 Å². The number of carbonyl (C=O) groups excluding carboxylic acids is 1. The average Bonchev–Trinajstić information content (AvgIpc) is 2.79. The van der Waals surface area contributed by atoms with E-state index < -0.39 is 0 Å². The SMILES string of the molecule is Cc1ccc(Cl)cc1NC(=O)C[NH+](C)Cc1ccc(Br)s1. The van der Waals surface area contributed by atoms with Gasteiger partial charge < -0.3 is 10.2 Å². The molecule has 2 rings (SSSR count). The molecule has 3 nitrogen and oxygen atoms in total. The molecule has 1 aromatic carbocycles. The van der Waals surface area contributed by atoms with Gasteiger partial charge in [0.25, 0.3) is 5.91 Å². The number of hydrogen-bond donors (Lipinski definition) is 2. The largest absolute Gasteiger partial charge is 0.325 e. The number of anilines is 1. The molecule has 0 saturated carbocycles. The predicted octanol–water partition coefficient (Wildman–Crippen LogP) is 3.13. The van der Waals surface area contributed by atoms with Gasteiger partial charge in [-0.2, -0.15) is 0 Å². The van der Waals surface area contributed by atoms with Gasteiger partial charge in [0.1, 0.15) is 6.54 Å². The maximum atomic E-state index is 12.1. The predicted molar refractivity (Wildman–Crippen MR) is 92.3 cm³/mol. The maximum Gasteiger partial charge on any atom is 0.279 e. The van der Waals surface area contributed by atoms with Crippen LogP contribution in [0.1, 0.15) is 10.4 Å². The highest BCUT2D eigenvalue weighted by Gasteiger charge is 2.13. The third-order valence-corrected chi connectivity index (χ3v) is 4.90. The first-order valence-electron chi connectivity index (χ1n) is 6.55. The molecule has 0 saturated heterocycles. The number of nitrogens with one attached hydrogen (secondary N) is 2. The highest BCUT2D eigenvalue weighted by atomic mass is 79.9. The quantitative estimate of drug-likeness (QED) is 0.810. The van der Waals surface area contributed by atoms with Crippen LogP contribution in [-0.2, 0) is 11.3 Å². The molecule has 21 heavy (non-hydrogen) atoms. The zero-order chi connectivity index (χ0) is 15.4. The van der Waals surface area contributed by atoms with E-state index in [0.29, 0.717) is 11.6 Å². The highest BCUT2D eigenvalue weighted by molar-refractivity contribution is 9.11. The molecule has 0 bridgehead atoms. The topological polar surface area (TPSA) is 33.5 Å². The fourth-order valence-electron chi connectivity index (χ4n) is 2.00. The van der Waals surface area contributed by atoms with Gasteiger partial charge in [0, 0.05) is 10.7 Å². The fourth-order valence-corrected chi connectivity index (χ4v) is 3.77. The Hall–Kier alpha value is -0.880. The molecular weight excluding hydrogens is 372 g/mol. The van der Waals surface area contributed by atoms with Crippen molar-refractivity contribution >= 4 is 50.5 Å². The third-order valence-electron chi connectivity index (χ3n) is 3.04. The Morgan fingerprint density at radius 3 is 2.81 bits per heavy atom. The summed E-state index contributed by atoms with van der Waals surface area (Å²) in [6, 6.07) is 9.61. The summed E-state index contributed by atoms with van der Waals surface area (Å²) in [6.45, 7) is 3.20. The van der Waals surface area contributed by atoms with E-state index >= 15 is 0 Å². The number of carbonyl (C=O) groups is 1. The Labute approximate surface area is 142 Å². The van der Waals surface area contributed by atoms with Crippen LogP contribution in [0.2, 0.25) is 5.02 Å². The Morgan fingerprint density at radius 2 is 2.14 bits per heavy atom. The highest BCUT2D eigenvalue weighted by Crippen LogP contribution is 2.21. The summed E-state index contributed by atoms with van der Waals surface area (Å²) in [5.74, 6) is -0.00603. The lowest BCUT2D eigenvalue weighted by atomic mass is 10.2. The lowest BCUT2D eigenvalue weighted by molar-refractivity contribution is -0.884. The van der Waals surface area contributed by atoms with Crippen molar-refractivity contribution in [3.8, 4) is 0 Å². The number of halogens is 2. The monoisotopic (exact) mass is 387 g/mol. The van der Waals surface area contributed by atoms with Gasteiger partial charge in [-0.05, 0) is 52.7 Å². The van der Waals surface area contributed by atoms with Crippen molar-refractivity contribution in [1.82, 2.24) is 0 Å². The maximum absolute atomic E-state index is 12.1. The van der Waals surface area contributed by atoms with Gasteiger partial charge in [0.2, 0.25) is 0 Å². The van der Waals surface area contributed by atoms with E-state index in [1.165, 1.54) is 4.88 Å². The molecule has 1 atom stereocenters. The van der Waals surface area contributed by atoms with E-state index in [1.807, 2.05) is 32.2 Å². The van der Waals surface area contributed by atoms with Crippen LogP contribution in [-0.4, -0.2) is 19.5 Å². The molecule has 112 valence electrons. The second-order valence-electron chi connectivity index (χ2n) is 5.02. The van der Waals surface area contributed by atoms with Crippen molar-refractivity contribution in [2.75, 3.05) is 18.9 Å². The van der Waals surface area contributed by atoms with E-state index in [2.05, 4.69) is 27.3 Å². The summed E-state index contributed by atoms with van der Waals surface area (Å²) < 4.78 is 1.12. The molecular formula is C15H17BrClN2OS+. The Morgan fingerprint density at radius 1 is 1.38 bits per heavy atom. The molecule has 0 aliphatic carbocycles. The third kappa shape index (κ3) is 5.11. The molecule has 1 aromatic heterocycles. The number of rotatable bonds is 5. The van der Waals surface area contributed by atoms with Crippen molar-refractivity contribution in [1.29, 1.82) is 0 Å². The van der Waals surface area contributed by atoms with Crippen LogP contribution in [0.5, 0.6) is 0 Å². The summed E-state index contributed by atoms with van der Waals surface area (Å²) in [5.41, 5.74) is 1.78. The minimum Gasteiger partial charge on any atom is -0.325 e. The number of quaternary nitrogens is 1. The summed E-state index contributed by atoms with van der Waals surface area (Å²) in [7, 11) is 2.01. The number of likely N-dealkylation sites (N-methyl/N-ethyl adjacent to an activating group) is 1. The number of aryl methyl sites for hydroxylation is 1. The van der Waals surface area contributed by atoms with E-state index in [-0.39, 0.29) is 5.91 Å². The van der Waals surface area contributed by atoms with Gasteiger partial charge in [0.05, 0.1) is 15.7 Å². The van der Waals surface area contributed by atoms with Crippen LogP contribution in [0.25, 0.3) is 0 Å². The Bertz CT molecular complexity index is 644. The van der Waals surface area contributed by atoms with E-state index in [0.717, 1.165) is 26.5 Å². The average molecular weight is 389 g/mol. The number of benzene rings is 1. The number of thiophene rings is 1. The molecule has 0 spiro atoms. The van der Waals surface area contributed by atoms with Crippen molar-refractivity contribution < 1.29 is 9.69 Å².